The lowest BCUT2D eigenvalue weighted by atomic mass is 9.98. The Hall–Kier alpha value is -2.73. The van der Waals surface area contributed by atoms with Crippen molar-refractivity contribution in [2.75, 3.05) is 0 Å². The van der Waals surface area contributed by atoms with Crippen LogP contribution in [0.25, 0.3) is 0 Å². The minimum Gasteiger partial charge on any atom is -0.480 e. The molecular formula is C17H31N5O7. The molecule has 12 nitrogen and oxygen atoms in total. The Kier molecular flexibility index (Phi) is 10.8. The molecule has 0 spiro atoms. The lowest BCUT2D eigenvalue weighted by Crippen LogP contribution is -2.60. The van der Waals surface area contributed by atoms with E-state index in [0.717, 1.165) is 0 Å². The molecule has 0 fully saturated rings. The third kappa shape index (κ3) is 8.87. The van der Waals surface area contributed by atoms with Crippen molar-refractivity contribution in [1.82, 2.24) is 16.0 Å². The smallest absolute Gasteiger partial charge is 0.325 e. The molecule has 9 N–H and O–H groups in total. The Bertz CT molecular complexity index is 625. The first-order valence-electron chi connectivity index (χ1n) is 9.17. The summed E-state index contributed by atoms with van der Waals surface area (Å²) >= 11 is 0. The Morgan fingerprint density at radius 2 is 1.48 bits per heavy atom. The van der Waals surface area contributed by atoms with Crippen LogP contribution in [0.1, 0.15) is 40.5 Å². The summed E-state index contributed by atoms with van der Waals surface area (Å²) in [6.07, 6.45) is -1.35. The maximum absolute atomic E-state index is 12.5. The van der Waals surface area contributed by atoms with Crippen LogP contribution in [0.15, 0.2) is 0 Å². The number of carbonyl (C=O) groups excluding carboxylic acids is 4. The molecular weight excluding hydrogens is 386 g/mol. The summed E-state index contributed by atoms with van der Waals surface area (Å²) in [5.41, 5.74) is 10.9. The van der Waals surface area contributed by atoms with E-state index in [-0.39, 0.29) is 5.92 Å². The zero-order valence-corrected chi connectivity index (χ0v) is 17.0. The molecule has 0 aliphatic carbocycles. The average Bonchev–Trinajstić information content (AvgIpc) is 2.62. The van der Waals surface area contributed by atoms with E-state index in [9.17, 15) is 29.1 Å². The Labute approximate surface area is 168 Å². The predicted molar refractivity (Wildman–Crippen MR) is 102 cm³/mol. The van der Waals surface area contributed by atoms with E-state index in [1.54, 1.807) is 6.92 Å². The van der Waals surface area contributed by atoms with Crippen molar-refractivity contribution in [3.8, 4) is 0 Å². The second kappa shape index (κ2) is 12.0. The van der Waals surface area contributed by atoms with E-state index in [1.165, 1.54) is 13.8 Å². The van der Waals surface area contributed by atoms with Crippen LogP contribution >= 0.6 is 0 Å². The SMILES string of the molecule is CCC(C)C(N)C(=O)NC(C(=O)NC(CC(N)=O)C(=O)NC(C)C(=O)O)C(C)O. The van der Waals surface area contributed by atoms with E-state index >= 15 is 0 Å². The first kappa shape index (κ1) is 26.3. The van der Waals surface area contributed by atoms with Gasteiger partial charge in [0.25, 0.3) is 0 Å². The standard InChI is InChI=1S/C17H31N5O7/c1-5-7(2)12(19)15(26)22-13(9(4)23)16(27)21-10(6-11(18)24)14(25)20-8(3)17(28)29/h7-10,12-13,23H,5-6,19H2,1-4H3,(H2,18,24)(H,20,25)(H,21,27)(H,22,26)(H,28,29). The first-order chi connectivity index (χ1) is 13.3. The molecule has 0 radical (unpaired) electrons. The molecule has 0 aromatic carbocycles. The normalized spacial score (nSPS) is 17.0. The zero-order chi connectivity index (χ0) is 22.9. The topological polar surface area (TPSA) is 214 Å². The fraction of sp³-hybridized carbons (Fsp3) is 0.706. The van der Waals surface area contributed by atoms with Gasteiger partial charge in [0.2, 0.25) is 23.6 Å². The lowest BCUT2D eigenvalue weighted by Gasteiger charge is -2.26. The van der Waals surface area contributed by atoms with Crippen molar-refractivity contribution in [2.45, 2.75) is 70.8 Å². The van der Waals surface area contributed by atoms with E-state index < -0.39 is 66.3 Å². The molecule has 0 heterocycles. The van der Waals surface area contributed by atoms with Gasteiger partial charge in [-0.25, -0.2) is 0 Å². The third-order valence-corrected chi connectivity index (χ3v) is 4.39. The number of nitrogens with one attached hydrogen (secondary N) is 3. The minimum atomic E-state index is -1.50. The summed E-state index contributed by atoms with van der Waals surface area (Å²) in [7, 11) is 0. The highest BCUT2D eigenvalue weighted by Gasteiger charge is 2.33. The van der Waals surface area contributed by atoms with Crippen LogP contribution < -0.4 is 27.4 Å². The molecule has 29 heavy (non-hydrogen) atoms. The van der Waals surface area contributed by atoms with Gasteiger partial charge in [-0.05, 0) is 19.8 Å². The summed E-state index contributed by atoms with van der Waals surface area (Å²) in [4.78, 5) is 59.1. The van der Waals surface area contributed by atoms with Crippen LogP contribution in [0.4, 0.5) is 0 Å². The highest BCUT2D eigenvalue weighted by atomic mass is 16.4. The number of primary amides is 1. The fourth-order valence-electron chi connectivity index (χ4n) is 2.21. The molecule has 0 aromatic rings. The van der Waals surface area contributed by atoms with Gasteiger partial charge in [0.1, 0.15) is 18.1 Å². The van der Waals surface area contributed by atoms with Crippen molar-refractivity contribution in [1.29, 1.82) is 0 Å². The zero-order valence-electron chi connectivity index (χ0n) is 17.0. The summed E-state index contributed by atoms with van der Waals surface area (Å²) in [5.74, 6) is -5.02. The first-order valence-corrected chi connectivity index (χ1v) is 9.17. The summed E-state index contributed by atoms with van der Waals surface area (Å²) in [6.45, 7) is 6.02. The van der Waals surface area contributed by atoms with Crippen LogP contribution in [-0.4, -0.2) is 70.1 Å². The van der Waals surface area contributed by atoms with Gasteiger partial charge in [0.15, 0.2) is 0 Å². The molecule has 0 aliphatic heterocycles. The molecule has 6 atom stereocenters. The maximum Gasteiger partial charge on any atom is 0.325 e. The van der Waals surface area contributed by atoms with Crippen LogP contribution in [0.3, 0.4) is 0 Å². The quantitative estimate of drug-likeness (QED) is 0.175. The van der Waals surface area contributed by atoms with Crippen LogP contribution in [0.2, 0.25) is 0 Å². The van der Waals surface area contributed by atoms with E-state index in [4.69, 9.17) is 16.6 Å². The maximum atomic E-state index is 12.5. The second-order valence-electron chi connectivity index (χ2n) is 6.94. The van der Waals surface area contributed by atoms with Crippen molar-refractivity contribution in [2.24, 2.45) is 17.4 Å². The highest BCUT2D eigenvalue weighted by Crippen LogP contribution is 2.06. The highest BCUT2D eigenvalue weighted by molar-refractivity contribution is 5.96. The molecule has 0 bridgehead atoms. The number of aliphatic hydroxyl groups is 1. The molecule has 0 saturated heterocycles. The van der Waals surface area contributed by atoms with Crippen LogP contribution in [0, 0.1) is 5.92 Å². The Morgan fingerprint density at radius 1 is 0.931 bits per heavy atom. The van der Waals surface area contributed by atoms with Gasteiger partial charge in [-0.1, -0.05) is 20.3 Å². The molecule has 0 saturated carbocycles. The fourth-order valence-corrected chi connectivity index (χ4v) is 2.21. The van der Waals surface area contributed by atoms with Gasteiger partial charge in [0.05, 0.1) is 18.6 Å². The van der Waals surface area contributed by atoms with Gasteiger partial charge < -0.3 is 37.6 Å². The number of hydrogen-bond donors (Lipinski definition) is 7. The number of rotatable bonds is 12. The molecule has 0 rings (SSSR count). The average molecular weight is 417 g/mol. The lowest BCUT2D eigenvalue weighted by molar-refractivity contribution is -0.142. The number of amides is 4. The molecule has 6 unspecified atom stereocenters. The number of carbonyl (C=O) groups is 5. The van der Waals surface area contributed by atoms with Crippen molar-refractivity contribution in [3.63, 3.8) is 0 Å². The van der Waals surface area contributed by atoms with Gasteiger partial charge in [-0.3, -0.25) is 24.0 Å². The summed E-state index contributed by atoms with van der Waals surface area (Å²) in [6, 6.07) is -5.16. The summed E-state index contributed by atoms with van der Waals surface area (Å²) < 4.78 is 0. The Morgan fingerprint density at radius 3 is 1.90 bits per heavy atom. The van der Waals surface area contributed by atoms with Crippen molar-refractivity contribution in [3.05, 3.63) is 0 Å². The second-order valence-corrected chi connectivity index (χ2v) is 6.94. The van der Waals surface area contributed by atoms with E-state index in [0.29, 0.717) is 6.42 Å². The van der Waals surface area contributed by atoms with Crippen molar-refractivity contribution < 1.29 is 34.2 Å². The van der Waals surface area contributed by atoms with Crippen LogP contribution in [-0.2, 0) is 24.0 Å². The van der Waals surface area contributed by atoms with Crippen molar-refractivity contribution >= 4 is 29.6 Å². The Balaban J connectivity index is 5.34. The predicted octanol–water partition coefficient (Wildman–Crippen LogP) is -2.83. The monoisotopic (exact) mass is 417 g/mol. The molecule has 0 aromatic heterocycles. The van der Waals surface area contributed by atoms with Gasteiger partial charge >= 0.3 is 5.97 Å². The van der Waals surface area contributed by atoms with Crippen LogP contribution in [0.5, 0.6) is 0 Å². The largest absolute Gasteiger partial charge is 0.480 e. The number of carboxylic acids is 1. The van der Waals surface area contributed by atoms with E-state index in [1.807, 2.05) is 6.92 Å². The number of aliphatic hydroxyl groups excluding tert-OH is 1. The molecule has 166 valence electrons. The van der Waals surface area contributed by atoms with E-state index in [2.05, 4.69) is 16.0 Å². The molecule has 4 amide bonds. The molecule has 0 aliphatic rings. The summed E-state index contributed by atoms with van der Waals surface area (Å²) in [5, 5.41) is 25.4. The third-order valence-electron chi connectivity index (χ3n) is 4.39. The number of nitrogens with two attached hydrogens (primary N) is 2. The molecule has 12 heteroatoms. The van der Waals surface area contributed by atoms with Gasteiger partial charge in [-0.2, -0.15) is 0 Å². The van der Waals surface area contributed by atoms with Gasteiger partial charge in [0, 0.05) is 0 Å². The minimum absolute atomic E-state index is 0.182. The van der Waals surface area contributed by atoms with Gasteiger partial charge in [-0.15, -0.1) is 0 Å². The number of hydrogen-bond acceptors (Lipinski definition) is 7. The number of carboxylic acid groups (broad SMARTS) is 1. The number of aliphatic carboxylic acids is 1.